The lowest BCUT2D eigenvalue weighted by atomic mass is 9.70. The number of likely N-dealkylation sites (tertiary alicyclic amines) is 1. The van der Waals surface area contributed by atoms with Crippen molar-refractivity contribution in [2.75, 3.05) is 26.7 Å². The highest BCUT2D eigenvalue weighted by Crippen LogP contribution is 2.45. The Morgan fingerprint density at radius 1 is 1.17 bits per heavy atom. The molecular weight excluding hydrogens is 643 g/mol. The molecule has 4 amide bonds. The number of hydrogen-bond acceptors (Lipinski definition) is 7. The zero-order valence-electron chi connectivity index (χ0n) is 27.8. The molecule has 262 valence electrons. The molecule has 0 spiro atoms. The van der Waals surface area contributed by atoms with Crippen LogP contribution >= 0.6 is 11.3 Å². The minimum Gasteiger partial charge on any atom is -0.479 e. The van der Waals surface area contributed by atoms with Crippen LogP contribution in [0.25, 0.3) is 0 Å². The van der Waals surface area contributed by atoms with E-state index in [9.17, 15) is 32.7 Å². The maximum absolute atomic E-state index is 13.3. The lowest BCUT2D eigenvalue weighted by molar-refractivity contribution is -0.145. The van der Waals surface area contributed by atoms with Gasteiger partial charge in [0.2, 0.25) is 11.8 Å². The fraction of sp³-hybridized carbons (Fsp3) is 0.697. The normalized spacial score (nSPS) is 24.6. The van der Waals surface area contributed by atoms with Crippen molar-refractivity contribution < 1.29 is 32.7 Å². The van der Waals surface area contributed by atoms with Crippen LogP contribution in [0, 0.1) is 11.3 Å². The van der Waals surface area contributed by atoms with Crippen molar-refractivity contribution in [1.82, 2.24) is 25.2 Å². The molecule has 3 aliphatic rings. The summed E-state index contributed by atoms with van der Waals surface area (Å²) in [4.78, 5) is 53.3. The summed E-state index contributed by atoms with van der Waals surface area (Å²) in [6, 6.07) is 1.34. The van der Waals surface area contributed by atoms with E-state index in [-0.39, 0.29) is 28.6 Å². The molecule has 2 heterocycles. The van der Waals surface area contributed by atoms with E-state index in [0.29, 0.717) is 25.8 Å². The Morgan fingerprint density at radius 2 is 1.91 bits per heavy atom. The number of allylic oxidation sites excluding steroid dienone is 1. The first kappa shape index (κ1) is 36.9. The van der Waals surface area contributed by atoms with Gasteiger partial charge in [0, 0.05) is 32.1 Å². The number of thiophene rings is 1. The first-order valence-electron chi connectivity index (χ1n) is 16.9. The van der Waals surface area contributed by atoms with Crippen molar-refractivity contribution in [2.24, 2.45) is 11.3 Å². The number of carboxylic acids is 1. The number of nitrogens with one attached hydrogen (secondary N) is 3. The molecule has 0 radical (unpaired) electrons. The summed E-state index contributed by atoms with van der Waals surface area (Å²) in [5, 5.41) is 20.0. The van der Waals surface area contributed by atoms with Gasteiger partial charge >= 0.3 is 12.0 Å². The van der Waals surface area contributed by atoms with Gasteiger partial charge in [-0.1, -0.05) is 64.2 Å². The zero-order valence-corrected chi connectivity index (χ0v) is 29.5. The summed E-state index contributed by atoms with van der Waals surface area (Å²) < 4.78 is 27.8. The molecule has 4 N–H and O–H groups in total. The predicted octanol–water partition coefficient (Wildman–Crippen LogP) is 4.09. The number of likely N-dealkylation sites (N-methyl/N-ethyl adjacent to an activating group) is 1. The van der Waals surface area contributed by atoms with E-state index in [1.165, 1.54) is 16.3 Å². The van der Waals surface area contributed by atoms with Gasteiger partial charge in [0.05, 0.1) is 6.54 Å². The topological polar surface area (TPSA) is 165 Å². The van der Waals surface area contributed by atoms with Crippen LogP contribution in [0.15, 0.2) is 33.9 Å². The van der Waals surface area contributed by atoms with Crippen molar-refractivity contribution in [3.8, 4) is 0 Å². The van der Waals surface area contributed by atoms with E-state index in [0.717, 1.165) is 69.1 Å². The molecule has 4 rings (SSSR count). The summed E-state index contributed by atoms with van der Waals surface area (Å²) in [7, 11) is -2.22. The molecule has 0 aromatic carbocycles. The Labute approximate surface area is 282 Å². The molecule has 1 aromatic heterocycles. The summed E-state index contributed by atoms with van der Waals surface area (Å²) >= 11 is 1.14. The van der Waals surface area contributed by atoms with Crippen LogP contribution in [0.1, 0.15) is 90.9 Å². The summed E-state index contributed by atoms with van der Waals surface area (Å²) in [5.74, 6) is -2.31. The Hall–Kier alpha value is -2.97. The van der Waals surface area contributed by atoms with Crippen LogP contribution in [-0.2, 0) is 24.4 Å². The van der Waals surface area contributed by atoms with Gasteiger partial charge in [-0.15, -0.1) is 11.3 Å². The number of carbonyl (C=O) groups is 4. The molecule has 0 bridgehead atoms. The zero-order chi connectivity index (χ0) is 34.2. The summed E-state index contributed by atoms with van der Waals surface area (Å²) in [6.07, 6.45) is 14.0. The highest BCUT2D eigenvalue weighted by atomic mass is 32.2. The third-order valence-corrected chi connectivity index (χ3v) is 13.3. The highest BCUT2D eigenvalue weighted by Gasteiger charge is 2.61. The molecule has 1 aliphatic heterocycles. The van der Waals surface area contributed by atoms with Gasteiger partial charge in [0.1, 0.15) is 15.8 Å². The van der Waals surface area contributed by atoms with Crippen molar-refractivity contribution >= 4 is 45.2 Å². The van der Waals surface area contributed by atoms with Crippen LogP contribution in [0.4, 0.5) is 4.79 Å². The molecular formula is C33H51N5O7S2. The minimum absolute atomic E-state index is 0.0761. The molecule has 14 heteroatoms. The van der Waals surface area contributed by atoms with E-state index < -0.39 is 51.5 Å². The van der Waals surface area contributed by atoms with E-state index in [2.05, 4.69) is 29.8 Å². The number of unbranched alkanes of at least 4 members (excludes halogenated alkanes) is 3. The maximum atomic E-state index is 13.3. The van der Waals surface area contributed by atoms with Crippen molar-refractivity contribution in [3.63, 3.8) is 0 Å². The van der Waals surface area contributed by atoms with Gasteiger partial charge in [-0.2, -0.15) is 4.31 Å². The van der Waals surface area contributed by atoms with Crippen LogP contribution in [0.5, 0.6) is 0 Å². The van der Waals surface area contributed by atoms with E-state index >= 15 is 0 Å². The number of carboxylic acid groups (broad SMARTS) is 1. The van der Waals surface area contributed by atoms with Crippen molar-refractivity contribution in [3.05, 3.63) is 29.7 Å². The fourth-order valence-corrected chi connectivity index (χ4v) is 9.30. The van der Waals surface area contributed by atoms with Gasteiger partial charge in [0.25, 0.3) is 10.0 Å². The van der Waals surface area contributed by atoms with Crippen molar-refractivity contribution in [1.29, 1.82) is 0 Å². The Morgan fingerprint density at radius 3 is 2.57 bits per heavy atom. The van der Waals surface area contributed by atoms with E-state index in [1.807, 2.05) is 12.2 Å². The number of hydrogen-bond donors (Lipinski definition) is 4. The average Bonchev–Trinajstić information content (AvgIpc) is 3.41. The van der Waals surface area contributed by atoms with Crippen LogP contribution in [-0.4, -0.2) is 90.8 Å². The maximum Gasteiger partial charge on any atom is 0.330 e. The molecule has 47 heavy (non-hydrogen) atoms. The smallest absolute Gasteiger partial charge is 0.330 e. The Bertz CT molecular complexity index is 1390. The van der Waals surface area contributed by atoms with Gasteiger partial charge in [-0.05, 0) is 61.8 Å². The van der Waals surface area contributed by atoms with Gasteiger partial charge in [-0.25, -0.2) is 18.0 Å². The van der Waals surface area contributed by atoms with Crippen LogP contribution in [0.2, 0.25) is 0 Å². The van der Waals surface area contributed by atoms with Gasteiger partial charge in [0.15, 0.2) is 0 Å². The molecule has 1 saturated heterocycles. The SMILES string of the molecule is CCCCC/C=C\C1C[C@]1(NC(=O)C1CCCN1C(=O)CNC(=O)NC(CN(C)S(=O)(=O)c1cccs1)C1(C)CCCCC1)C(=O)O. The van der Waals surface area contributed by atoms with Gasteiger partial charge < -0.3 is 26.0 Å². The number of amides is 4. The molecule has 1 aromatic rings. The highest BCUT2D eigenvalue weighted by molar-refractivity contribution is 7.91. The number of sulfonamides is 1. The number of carbonyl (C=O) groups excluding carboxylic acids is 3. The molecule has 2 saturated carbocycles. The third-order valence-electron chi connectivity index (χ3n) is 10.1. The lowest BCUT2D eigenvalue weighted by Gasteiger charge is -2.42. The predicted molar refractivity (Wildman–Crippen MR) is 180 cm³/mol. The summed E-state index contributed by atoms with van der Waals surface area (Å²) in [5.41, 5.74) is -1.69. The van der Waals surface area contributed by atoms with E-state index in [4.69, 9.17) is 0 Å². The standard InChI is InChI=1S/C33H51N5O7S2/c1-4-5-6-7-9-14-24-21-33(24,30(41)42)36-29(40)25-15-12-19-38(25)27(39)22-34-31(43)35-26(32(2)17-10-8-11-18-32)23-37(3)47(44,45)28-16-13-20-46-28/h9,13-14,16,20,24-26H,4-8,10-12,15,17-19,21-23H2,1-3H3,(H,36,40)(H,41,42)(H2,34,35,43)/b14-9-/t24?,25?,26?,33-/m1/s1. The number of rotatable bonds is 16. The Balaban J connectivity index is 1.34. The van der Waals surface area contributed by atoms with Crippen LogP contribution < -0.4 is 16.0 Å². The van der Waals surface area contributed by atoms with E-state index in [1.54, 1.807) is 17.5 Å². The van der Waals surface area contributed by atoms with Crippen molar-refractivity contribution in [2.45, 2.75) is 113 Å². The average molecular weight is 694 g/mol. The summed E-state index contributed by atoms with van der Waals surface area (Å²) in [6.45, 7) is 4.24. The molecule has 3 unspecified atom stereocenters. The number of nitrogens with zero attached hydrogens (tertiary/aromatic N) is 2. The first-order chi connectivity index (χ1) is 22.3. The minimum atomic E-state index is -3.73. The monoisotopic (exact) mass is 693 g/mol. The quantitative estimate of drug-likeness (QED) is 0.150. The molecule has 2 aliphatic carbocycles. The molecule has 4 atom stereocenters. The second kappa shape index (κ2) is 16.0. The first-order valence-corrected chi connectivity index (χ1v) is 19.2. The second-order valence-electron chi connectivity index (χ2n) is 13.6. The Kier molecular flexibility index (Phi) is 12.5. The number of aliphatic carboxylic acids is 1. The van der Waals surface area contributed by atoms with Gasteiger partial charge in [-0.3, -0.25) is 9.59 Å². The fourth-order valence-electron chi connectivity index (χ4n) is 6.91. The third kappa shape index (κ3) is 8.94. The lowest BCUT2D eigenvalue weighted by Crippen LogP contribution is -2.57. The number of urea groups is 1. The molecule has 3 fully saturated rings. The molecule has 12 nitrogen and oxygen atoms in total. The largest absolute Gasteiger partial charge is 0.479 e. The second-order valence-corrected chi connectivity index (χ2v) is 16.8. The van der Waals surface area contributed by atoms with Crippen LogP contribution in [0.3, 0.4) is 0 Å².